The Kier molecular flexibility index (Phi) is 1.70. The van der Waals surface area contributed by atoms with Crippen LogP contribution in [0.5, 0.6) is 0 Å². The maximum Gasteiger partial charge on any atom is 0.0832 e. The summed E-state index contributed by atoms with van der Waals surface area (Å²) in [6.45, 7) is 2.99. The van der Waals surface area contributed by atoms with E-state index in [1.165, 1.54) is 32.2 Å². The second-order valence-corrected chi connectivity index (χ2v) is 4.81. The molecule has 0 aromatic carbocycles. The molecule has 13 heavy (non-hydrogen) atoms. The molecule has 3 rings (SSSR count). The maximum absolute atomic E-state index is 9.77. The number of rotatable bonds is 1. The van der Waals surface area contributed by atoms with Gasteiger partial charge in [0.25, 0.3) is 0 Å². The Bertz CT molecular complexity index is 209. The van der Waals surface area contributed by atoms with Gasteiger partial charge in [0, 0.05) is 31.2 Å². The first-order valence-corrected chi connectivity index (χ1v) is 5.47. The van der Waals surface area contributed by atoms with Gasteiger partial charge in [0.1, 0.15) is 0 Å². The summed E-state index contributed by atoms with van der Waals surface area (Å²) < 4.78 is 0. The summed E-state index contributed by atoms with van der Waals surface area (Å²) in [5.41, 5.74) is 0.539. The Hall–Kier alpha value is -0.120. The van der Waals surface area contributed by atoms with Crippen molar-refractivity contribution < 1.29 is 5.11 Å². The van der Waals surface area contributed by atoms with E-state index < -0.39 is 0 Å². The van der Waals surface area contributed by atoms with Crippen LogP contribution >= 0.6 is 0 Å². The number of aliphatic hydroxyl groups is 1. The molecular formula is C10H18N2O. The molecule has 0 bridgehead atoms. The molecule has 74 valence electrons. The maximum atomic E-state index is 9.77. The van der Waals surface area contributed by atoms with E-state index in [1.807, 2.05) is 0 Å². The molecule has 1 aliphatic carbocycles. The highest BCUT2D eigenvalue weighted by Gasteiger charge is 2.53. The number of likely N-dealkylation sites (tertiary alicyclic amines) is 1. The fraction of sp³-hybridized carbons (Fsp3) is 1.00. The first-order chi connectivity index (χ1) is 6.32. The summed E-state index contributed by atoms with van der Waals surface area (Å²) in [5.74, 6) is 0. The van der Waals surface area contributed by atoms with Crippen molar-refractivity contribution in [1.29, 1.82) is 0 Å². The van der Waals surface area contributed by atoms with Crippen LogP contribution in [0.2, 0.25) is 0 Å². The second kappa shape index (κ2) is 2.69. The number of nitrogens with zero attached hydrogens (tertiary/aromatic N) is 1. The molecular weight excluding hydrogens is 164 g/mol. The Morgan fingerprint density at radius 2 is 2.08 bits per heavy atom. The molecule has 1 saturated carbocycles. The average Bonchev–Trinajstić information content (AvgIpc) is 2.31. The van der Waals surface area contributed by atoms with Crippen LogP contribution in [0, 0.1) is 0 Å². The normalized spacial score (nSPS) is 43.2. The molecule has 1 spiro atoms. The number of aliphatic hydroxyl groups excluding tert-OH is 1. The quantitative estimate of drug-likeness (QED) is 0.597. The van der Waals surface area contributed by atoms with Gasteiger partial charge in [-0.05, 0) is 25.7 Å². The topological polar surface area (TPSA) is 35.5 Å². The van der Waals surface area contributed by atoms with Crippen molar-refractivity contribution in [2.45, 2.75) is 43.4 Å². The third kappa shape index (κ3) is 1.01. The lowest BCUT2D eigenvalue weighted by Gasteiger charge is -2.61. The summed E-state index contributed by atoms with van der Waals surface area (Å²) in [7, 11) is 0. The van der Waals surface area contributed by atoms with Crippen LogP contribution in [0.1, 0.15) is 25.7 Å². The lowest BCUT2D eigenvalue weighted by molar-refractivity contribution is -0.116. The Balaban J connectivity index is 1.71. The van der Waals surface area contributed by atoms with Crippen molar-refractivity contribution >= 4 is 0 Å². The molecule has 0 unspecified atom stereocenters. The molecule has 0 aromatic heterocycles. The van der Waals surface area contributed by atoms with Crippen LogP contribution in [-0.2, 0) is 0 Å². The van der Waals surface area contributed by atoms with Crippen LogP contribution in [0.4, 0.5) is 0 Å². The summed E-state index contributed by atoms with van der Waals surface area (Å²) in [6.07, 6.45) is 5.38. The molecule has 3 aliphatic rings. The van der Waals surface area contributed by atoms with E-state index in [4.69, 9.17) is 0 Å². The highest BCUT2D eigenvalue weighted by molar-refractivity contribution is 5.09. The summed E-state index contributed by atoms with van der Waals surface area (Å²) in [5, 5.41) is 13.0. The Morgan fingerprint density at radius 1 is 1.23 bits per heavy atom. The third-order valence-electron chi connectivity index (χ3n) is 4.26. The van der Waals surface area contributed by atoms with Gasteiger partial charge in [-0.25, -0.2) is 0 Å². The summed E-state index contributed by atoms with van der Waals surface area (Å²) in [4.78, 5) is 2.56. The predicted molar refractivity (Wildman–Crippen MR) is 50.6 cm³/mol. The van der Waals surface area contributed by atoms with Crippen LogP contribution in [0.25, 0.3) is 0 Å². The van der Waals surface area contributed by atoms with Crippen LogP contribution in [0.3, 0.4) is 0 Å². The van der Waals surface area contributed by atoms with Gasteiger partial charge in [0.05, 0.1) is 6.10 Å². The SMILES string of the molecule is O[C@@H]1CNC[C@H]1N1CCC12CCC2. The van der Waals surface area contributed by atoms with Crippen molar-refractivity contribution in [1.82, 2.24) is 10.2 Å². The minimum absolute atomic E-state index is 0.127. The van der Waals surface area contributed by atoms with E-state index in [-0.39, 0.29) is 6.10 Å². The summed E-state index contributed by atoms with van der Waals surface area (Å²) in [6, 6.07) is 0.411. The molecule has 0 radical (unpaired) electrons. The monoisotopic (exact) mass is 182 g/mol. The van der Waals surface area contributed by atoms with E-state index in [2.05, 4.69) is 10.2 Å². The molecule has 2 heterocycles. The highest BCUT2D eigenvalue weighted by Crippen LogP contribution is 2.48. The van der Waals surface area contributed by atoms with Gasteiger partial charge in [0.15, 0.2) is 0 Å². The van der Waals surface area contributed by atoms with E-state index in [0.717, 1.165) is 13.1 Å². The summed E-state index contributed by atoms with van der Waals surface area (Å²) >= 11 is 0. The third-order valence-corrected chi connectivity index (χ3v) is 4.26. The van der Waals surface area contributed by atoms with Crippen molar-refractivity contribution in [3.8, 4) is 0 Å². The van der Waals surface area contributed by atoms with Gasteiger partial charge < -0.3 is 10.4 Å². The Morgan fingerprint density at radius 3 is 2.46 bits per heavy atom. The number of β-amino-alcohol motifs (C(OH)–C–C–N with tert-alkyl or cyclic N) is 1. The molecule has 2 saturated heterocycles. The standard InChI is InChI=1S/C10H18N2O/c13-9-7-11-6-8(9)12-5-4-10(12)2-1-3-10/h8-9,11,13H,1-7H2/t8-,9-/m1/s1. The van der Waals surface area contributed by atoms with Crippen LogP contribution in [-0.4, -0.2) is 47.3 Å². The van der Waals surface area contributed by atoms with Gasteiger partial charge in [-0.2, -0.15) is 0 Å². The van der Waals surface area contributed by atoms with E-state index >= 15 is 0 Å². The van der Waals surface area contributed by atoms with Crippen molar-refractivity contribution in [3.05, 3.63) is 0 Å². The number of hydrogen-bond donors (Lipinski definition) is 2. The number of hydrogen-bond acceptors (Lipinski definition) is 3. The lowest BCUT2D eigenvalue weighted by atomic mass is 9.67. The number of nitrogens with one attached hydrogen (secondary N) is 1. The molecule has 2 atom stereocenters. The van der Waals surface area contributed by atoms with Gasteiger partial charge in [0.2, 0.25) is 0 Å². The van der Waals surface area contributed by atoms with Crippen LogP contribution in [0.15, 0.2) is 0 Å². The van der Waals surface area contributed by atoms with Gasteiger partial charge in [-0.1, -0.05) is 0 Å². The van der Waals surface area contributed by atoms with Crippen molar-refractivity contribution in [2.24, 2.45) is 0 Å². The highest BCUT2D eigenvalue weighted by atomic mass is 16.3. The van der Waals surface area contributed by atoms with E-state index in [9.17, 15) is 5.11 Å². The fourth-order valence-corrected chi connectivity index (χ4v) is 3.17. The smallest absolute Gasteiger partial charge is 0.0832 e. The minimum atomic E-state index is -0.127. The van der Waals surface area contributed by atoms with Crippen LogP contribution < -0.4 is 5.32 Å². The lowest BCUT2D eigenvalue weighted by Crippen LogP contribution is -2.68. The van der Waals surface area contributed by atoms with Crippen molar-refractivity contribution in [2.75, 3.05) is 19.6 Å². The first-order valence-electron chi connectivity index (χ1n) is 5.47. The molecule has 0 aromatic rings. The molecule has 3 heteroatoms. The van der Waals surface area contributed by atoms with Gasteiger partial charge in [-0.15, -0.1) is 0 Å². The van der Waals surface area contributed by atoms with E-state index in [0.29, 0.717) is 11.6 Å². The Labute approximate surface area is 79.1 Å². The molecule has 2 aliphatic heterocycles. The molecule has 0 amide bonds. The largest absolute Gasteiger partial charge is 0.390 e. The van der Waals surface area contributed by atoms with Crippen molar-refractivity contribution in [3.63, 3.8) is 0 Å². The zero-order valence-electron chi connectivity index (χ0n) is 8.00. The minimum Gasteiger partial charge on any atom is -0.390 e. The van der Waals surface area contributed by atoms with Gasteiger partial charge >= 0.3 is 0 Å². The molecule has 2 N–H and O–H groups in total. The zero-order chi connectivity index (χ0) is 8.89. The first kappa shape index (κ1) is 8.21. The van der Waals surface area contributed by atoms with Gasteiger partial charge in [-0.3, -0.25) is 4.90 Å². The zero-order valence-corrected chi connectivity index (χ0v) is 8.00. The second-order valence-electron chi connectivity index (χ2n) is 4.81. The fourth-order valence-electron chi connectivity index (χ4n) is 3.17. The average molecular weight is 182 g/mol. The molecule has 3 nitrogen and oxygen atoms in total. The molecule has 3 fully saturated rings. The van der Waals surface area contributed by atoms with E-state index in [1.54, 1.807) is 0 Å². The predicted octanol–water partition coefficient (Wildman–Crippen LogP) is -0.0525.